The van der Waals surface area contributed by atoms with Gasteiger partial charge in [-0.3, -0.25) is 0 Å². The summed E-state index contributed by atoms with van der Waals surface area (Å²) in [6.07, 6.45) is 8.21. The zero-order valence-corrected chi connectivity index (χ0v) is 20.3. The van der Waals surface area contributed by atoms with Gasteiger partial charge in [-0.1, -0.05) is 48.0 Å². The monoisotopic (exact) mass is 483 g/mol. The van der Waals surface area contributed by atoms with Crippen molar-refractivity contribution in [2.75, 3.05) is 22.9 Å². The Morgan fingerprint density at radius 3 is 2.88 bits per heavy atom. The number of rotatable bonds is 7. The van der Waals surface area contributed by atoms with Gasteiger partial charge in [0.1, 0.15) is 23.7 Å². The van der Waals surface area contributed by atoms with Gasteiger partial charge in [-0.05, 0) is 32.4 Å². The lowest BCUT2D eigenvalue weighted by atomic mass is 10.1. The minimum Gasteiger partial charge on any atom is -0.487 e. The highest BCUT2D eigenvalue weighted by Gasteiger charge is 2.24. The van der Waals surface area contributed by atoms with Crippen LogP contribution in [-0.2, 0) is 6.61 Å². The molecular formula is C25H27Cl2N5O. The summed E-state index contributed by atoms with van der Waals surface area (Å²) in [6.45, 7) is 9.58. The molecule has 3 heterocycles. The third-order valence-electron chi connectivity index (χ3n) is 5.64. The van der Waals surface area contributed by atoms with Gasteiger partial charge in [0.25, 0.3) is 0 Å². The van der Waals surface area contributed by atoms with E-state index in [-0.39, 0.29) is 12.6 Å². The Kier molecular flexibility index (Phi) is 7.08. The molecule has 1 aliphatic heterocycles. The molecule has 1 aromatic carbocycles. The number of para-hydroxylation sites is 1. The lowest BCUT2D eigenvalue weighted by Crippen LogP contribution is -2.27. The molecule has 0 amide bonds. The van der Waals surface area contributed by atoms with Gasteiger partial charge >= 0.3 is 0 Å². The molecule has 8 heteroatoms. The van der Waals surface area contributed by atoms with E-state index < -0.39 is 0 Å². The van der Waals surface area contributed by atoms with Crippen LogP contribution in [0.1, 0.15) is 24.6 Å². The molecule has 1 fully saturated rings. The van der Waals surface area contributed by atoms with Crippen LogP contribution < -0.4 is 20.3 Å². The first-order valence-electron chi connectivity index (χ1n) is 10.8. The van der Waals surface area contributed by atoms with Crippen molar-refractivity contribution >= 4 is 45.6 Å². The normalized spacial score (nSPS) is 16.0. The number of fused-ring (bicyclic) bond motifs is 1. The molecule has 0 aliphatic carbocycles. The third-order valence-corrected chi connectivity index (χ3v) is 6.36. The van der Waals surface area contributed by atoms with Crippen molar-refractivity contribution in [3.8, 4) is 5.75 Å². The second kappa shape index (κ2) is 10.00. The lowest BCUT2D eigenvalue weighted by Gasteiger charge is -2.21. The summed E-state index contributed by atoms with van der Waals surface area (Å²) in [4.78, 5) is 13.2. The number of aromatic nitrogens is 2. The van der Waals surface area contributed by atoms with Crippen LogP contribution in [0.15, 0.2) is 55.5 Å². The number of ether oxygens (including phenoxy) is 1. The Hall–Kier alpha value is -2.80. The van der Waals surface area contributed by atoms with E-state index in [1.165, 1.54) is 0 Å². The molecule has 2 N–H and O–H groups in total. The number of halogens is 2. The summed E-state index contributed by atoms with van der Waals surface area (Å²) in [5.74, 6) is 1.34. The number of allylic oxidation sites excluding steroid dienone is 1. The van der Waals surface area contributed by atoms with Crippen molar-refractivity contribution in [2.24, 2.45) is 5.73 Å². The third kappa shape index (κ3) is 4.78. The molecule has 1 aliphatic rings. The van der Waals surface area contributed by atoms with Crippen molar-refractivity contribution in [1.82, 2.24) is 9.97 Å². The molecule has 3 aromatic rings. The van der Waals surface area contributed by atoms with Gasteiger partial charge in [-0.2, -0.15) is 0 Å². The van der Waals surface area contributed by atoms with Crippen LogP contribution in [0.25, 0.3) is 10.9 Å². The molecule has 6 nitrogen and oxygen atoms in total. The number of anilines is 2. The molecule has 1 atom stereocenters. The standard InChI is InChI=1S/C25H27Cl2N5O/c1-4-10-31(5-2)21-12-16(3)30-24-18(21)7-6-8-22(24)33-15-19-20(26)13-29-25(23(19)27)32-11-9-17(28)14-32/h4-8,10,12-13,17H,2,9,11,14-15,28H2,1,3H3/b10-4-/t17-/m1/s1. The van der Waals surface area contributed by atoms with Gasteiger partial charge in [0.2, 0.25) is 0 Å². The summed E-state index contributed by atoms with van der Waals surface area (Å²) in [7, 11) is 0. The topological polar surface area (TPSA) is 67.5 Å². The molecule has 0 bridgehead atoms. The molecule has 33 heavy (non-hydrogen) atoms. The molecule has 0 spiro atoms. The van der Waals surface area contributed by atoms with Crippen molar-refractivity contribution in [3.63, 3.8) is 0 Å². The number of pyridine rings is 2. The van der Waals surface area contributed by atoms with Gasteiger partial charge in [0, 0.05) is 54.4 Å². The Labute approximate surface area is 204 Å². The van der Waals surface area contributed by atoms with Gasteiger partial charge < -0.3 is 20.3 Å². The van der Waals surface area contributed by atoms with E-state index in [2.05, 4.69) is 16.5 Å². The smallest absolute Gasteiger partial charge is 0.147 e. The fourth-order valence-corrected chi connectivity index (χ4v) is 4.60. The predicted molar refractivity (Wildman–Crippen MR) is 137 cm³/mol. The van der Waals surface area contributed by atoms with Crippen LogP contribution in [0, 0.1) is 6.92 Å². The van der Waals surface area contributed by atoms with E-state index in [4.69, 9.17) is 38.7 Å². The average Bonchev–Trinajstić information content (AvgIpc) is 3.23. The quantitative estimate of drug-likeness (QED) is 0.454. The lowest BCUT2D eigenvalue weighted by molar-refractivity contribution is 0.309. The van der Waals surface area contributed by atoms with Crippen molar-refractivity contribution in [1.29, 1.82) is 0 Å². The highest BCUT2D eigenvalue weighted by molar-refractivity contribution is 6.37. The summed E-state index contributed by atoms with van der Waals surface area (Å²) in [6, 6.07) is 8.01. The molecule has 4 rings (SSSR count). The first-order chi connectivity index (χ1) is 15.9. The molecule has 172 valence electrons. The largest absolute Gasteiger partial charge is 0.487 e. The second-order valence-corrected chi connectivity index (χ2v) is 8.80. The molecule has 1 saturated heterocycles. The van der Waals surface area contributed by atoms with E-state index in [9.17, 15) is 0 Å². The van der Waals surface area contributed by atoms with Gasteiger partial charge in [0.05, 0.1) is 15.7 Å². The zero-order valence-electron chi connectivity index (χ0n) is 18.8. The van der Waals surface area contributed by atoms with Crippen LogP contribution in [0.2, 0.25) is 10.0 Å². The zero-order chi connectivity index (χ0) is 23.5. The van der Waals surface area contributed by atoms with Crippen LogP contribution in [0.4, 0.5) is 11.5 Å². The van der Waals surface area contributed by atoms with Gasteiger partial charge in [-0.15, -0.1) is 0 Å². The molecule has 0 saturated carbocycles. The van der Waals surface area contributed by atoms with Crippen molar-refractivity contribution < 1.29 is 4.74 Å². The number of nitrogens with zero attached hydrogens (tertiary/aromatic N) is 4. The highest BCUT2D eigenvalue weighted by Crippen LogP contribution is 2.36. The maximum atomic E-state index is 6.72. The van der Waals surface area contributed by atoms with Gasteiger partial charge in [0.15, 0.2) is 0 Å². The maximum absolute atomic E-state index is 6.72. The SMILES string of the molecule is C=CN(/C=C\C)c1cc(C)nc2c(OCc3c(Cl)cnc(N4CC[C@@H](N)C4)c3Cl)cccc12. The molecular weight excluding hydrogens is 457 g/mol. The maximum Gasteiger partial charge on any atom is 0.147 e. The van der Waals surface area contributed by atoms with Crippen LogP contribution in [0.5, 0.6) is 5.75 Å². The predicted octanol–water partition coefficient (Wildman–Crippen LogP) is 5.84. The summed E-state index contributed by atoms with van der Waals surface area (Å²) >= 11 is 13.2. The van der Waals surface area contributed by atoms with E-state index in [0.717, 1.165) is 41.8 Å². The van der Waals surface area contributed by atoms with Gasteiger partial charge in [-0.25, -0.2) is 9.97 Å². The number of benzene rings is 1. The summed E-state index contributed by atoms with van der Waals surface area (Å²) in [5, 5.41) is 1.91. The molecule has 0 radical (unpaired) electrons. The number of aryl methyl sites for hydroxylation is 1. The number of nitrogens with two attached hydrogens (primary N) is 1. The fraction of sp³-hybridized carbons (Fsp3) is 0.280. The minimum atomic E-state index is 0.120. The number of hydrogen-bond donors (Lipinski definition) is 1. The first kappa shape index (κ1) is 23.4. The van der Waals surface area contributed by atoms with E-state index in [0.29, 0.717) is 27.2 Å². The first-order valence-corrected chi connectivity index (χ1v) is 11.6. The van der Waals surface area contributed by atoms with Crippen molar-refractivity contribution in [2.45, 2.75) is 32.9 Å². The molecule has 0 unspecified atom stereocenters. The van der Waals surface area contributed by atoms with Crippen LogP contribution >= 0.6 is 23.2 Å². The molecule has 2 aromatic heterocycles. The summed E-state index contributed by atoms with van der Waals surface area (Å²) in [5.41, 5.74) is 9.36. The minimum absolute atomic E-state index is 0.120. The number of hydrogen-bond acceptors (Lipinski definition) is 6. The van der Waals surface area contributed by atoms with E-state index in [1.54, 1.807) is 12.4 Å². The van der Waals surface area contributed by atoms with Crippen molar-refractivity contribution in [3.05, 3.63) is 76.8 Å². The Morgan fingerprint density at radius 1 is 1.36 bits per heavy atom. The van der Waals surface area contributed by atoms with Crippen LogP contribution in [-0.4, -0.2) is 29.1 Å². The van der Waals surface area contributed by atoms with E-state index >= 15 is 0 Å². The Morgan fingerprint density at radius 2 is 2.18 bits per heavy atom. The Bertz CT molecular complexity index is 1210. The van der Waals surface area contributed by atoms with Crippen LogP contribution in [0.3, 0.4) is 0 Å². The Balaban J connectivity index is 1.68. The highest BCUT2D eigenvalue weighted by atomic mass is 35.5. The average molecular weight is 484 g/mol. The van der Waals surface area contributed by atoms with E-state index in [1.807, 2.05) is 55.3 Å². The second-order valence-electron chi connectivity index (χ2n) is 8.01. The summed E-state index contributed by atoms with van der Waals surface area (Å²) < 4.78 is 6.22. The fourth-order valence-electron chi connectivity index (χ4n) is 4.03.